The molecule has 3 aliphatic rings. The molecule has 3 unspecified atom stereocenters. The lowest BCUT2D eigenvalue weighted by molar-refractivity contribution is 0.614. The number of hydrogen-bond acceptors (Lipinski definition) is 0. The van der Waals surface area contributed by atoms with E-state index in [1.165, 1.54) is 66.8 Å². The van der Waals surface area contributed by atoms with E-state index < -0.39 is 0 Å². The summed E-state index contributed by atoms with van der Waals surface area (Å²) in [6.45, 7) is 22.6. The van der Waals surface area contributed by atoms with Gasteiger partial charge >= 0.3 is 0 Å². The minimum Gasteiger partial charge on any atom is -0.103 e. The predicted molar refractivity (Wildman–Crippen MR) is 170 cm³/mol. The highest BCUT2D eigenvalue weighted by atomic mass is 14.4. The first-order chi connectivity index (χ1) is 18.9. The van der Waals surface area contributed by atoms with E-state index in [0.717, 1.165) is 38.5 Å². The van der Waals surface area contributed by atoms with Crippen molar-refractivity contribution in [2.24, 2.45) is 5.92 Å². The van der Waals surface area contributed by atoms with Crippen LogP contribution in [0.4, 0.5) is 0 Å². The molecule has 200 valence electrons. The van der Waals surface area contributed by atoms with Gasteiger partial charge < -0.3 is 0 Å². The summed E-state index contributed by atoms with van der Waals surface area (Å²) >= 11 is 0. The van der Waals surface area contributed by atoms with Gasteiger partial charge in [0.2, 0.25) is 0 Å². The van der Waals surface area contributed by atoms with Crippen molar-refractivity contribution in [3.63, 3.8) is 0 Å². The van der Waals surface area contributed by atoms with Crippen LogP contribution < -0.4 is 0 Å². The van der Waals surface area contributed by atoms with E-state index >= 15 is 0 Å². The third-order valence-electron chi connectivity index (χ3n) is 9.12. The van der Waals surface area contributed by atoms with Crippen molar-refractivity contribution in [1.82, 2.24) is 0 Å². The maximum absolute atomic E-state index is 4.81. The van der Waals surface area contributed by atoms with E-state index in [4.69, 9.17) is 6.58 Å². The minimum absolute atomic E-state index is 0.280. The van der Waals surface area contributed by atoms with Crippen molar-refractivity contribution in [3.05, 3.63) is 148 Å². The second kappa shape index (κ2) is 11.4. The number of hydrogen-bond donors (Lipinski definition) is 0. The van der Waals surface area contributed by atoms with E-state index in [-0.39, 0.29) is 5.92 Å². The molecule has 0 N–H and O–H groups in total. The van der Waals surface area contributed by atoms with Gasteiger partial charge in [-0.3, -0.25) is 0 Å². The van der Waals surface area contributed by atoms with Gasteiger partial charge in [-0.05, 0) is 94.7 Å². The second-order valence-electron chi connectivity index (χ2n) is 11.6. The summed E-state index contributed by atoms with van der Waals surface area (Å²) in [5.74, 6) is 0.982. The molecule has 5 rings (SSSR count). The fourth-order valence-corrected chi connectivity index (χ4v) is 7.25. The zero-order valence-electron chi connectivity index (χ0n) is 24.4. The Morgan fingerprint density at radius 3 is 2.51 bits per heavy atom. The van der Waals surface area contributed by atoms with Gasteiger partial charge in [-0.25, -0.2) is 0 Å². The average molecular weight is 513 g/mol. The Hall–Kier alpha value is -3.38. The van der Waals surface area contributed by atoms with Crippen molar-refractivity contribution >= 4 is 5.57 Å². The monoisotopic (exact) mass is 512 g/mol. The third kappa shape index (κ3) is 4.91. The molecule has 0 nitrogen and oxygen atoms in total. The van der Waals surface area contributed by atoms with E-state index in [1.807, 2.05) is 6.08 Å². The number of rotatable bonds is 9. The topological polar surface area (TPSA) is 0 Å². The standard InChI is InChI=1S/C39H44/c1-8-14-25(5)37-26(6)20-33-24-31(23-32-22-30(15-9-2)34-16-12-13-17-35(32)34)27(7)38(33)39(37)36-21-28(10-3)18-19-29(36)11-4/h9,12-13,16-23,30,38-39H,2,5,7-8,10-11,14-15,24H2,1,3-4,6H3. The first-order valence-corrected chi connectivity index (χ1v) is 14.9. The first kappa shape index (κ1) is 27.2. The second-order valence-corrected chi connectivity index (χ2v) is 11.6. The number of fused-ring (bicyclic) bond motifs is 2. The number of benzene rings is 2. The van der Waals surface area contributed by atoms with Gasteiger partial charge in [0.05, 0.1) is 0 Å². The SMILES string of the molecule is C=CCC1C=C(C=C2CC3=CC(C)=C(C(=C)CCC)C(c4cc(CC)ccc4CC)C3C2=C)c2ccccc21. The zero-order valence-corrected chi connectivity index (χ0v) is 24.4. The molecule has 3 atom stereocenters. The minimum atomic E-state index is 0.280. The largest absolute Gasteiger partial charge is 0.103 e. The lowest BCUT2D eigenvalue weighted by Crippen LogP contribution is -2.22. The lowest BCUT2D eigenvalue weighted by Gasteiger charge is -2.36. The summed E-state index contributed by atoms with van der Waals surface area (Å²) in [7, 11) is 0. The fraction of sp³-hybridized carbons (Fsp3) is 0.333. The first-order valence-electron chi connectivity index (χ1n) is 14.9. The zero-order chi connectivity index (χ0) is 27.7. The van der Waals surface area contributed by atoms with Crippen LogP contribution in [0.2, 0.25) is 0 Å². The quantitative estimate of drug-likeness (QED) is 0.293. The van der Waals surface area contributed by atoms with Gasteiger partial charge in [0.25, 0.3) is 0 Å². The Bertz CT molecular complexity index is 1450. The Kier molecular flexibility index (Phi) is 7.94. The maximum atomic E-state index is 4.81. The number of allylic oxidation sites excluding steroid dienone is 11. The summed E-state index contributed by atoms with van der Waals surface area (Å²) in [5.41, 5.74) is 16.8. The van der Waals surface area contributed by atoms with Gasteiger partial charge in [0.15, 0.2) is 0 Å². The highest BCUT2D eigenvalue weighted by Crippen LogP contribution is 2.56. The molecule has 0 amide bonds. The van der Waals surface area contributed by atoms with Crippen LogP contribution in [-0.2, 0) is 12.8 Å². The molecule has 1 fully saturated rings. The van der Waals surface area contributed by atoms with Crippen molar-refractivity contribution in [2.45, 2.75) is 78.1 Å². The van der Waals surface area contributed by atoms with Crippen LogP contribution in [0.25, 0.3) is 5.57 Å². The molecule has 0 heteroatoms. The Morgan fingerprint density at radius 2 is 1.79 bits per heavy atom. The fourth-order valence-electron chi connectivity index (χ4n) is 7.25. The average Bonchev–Trinajstić information content (AvgIpc) is 3.44. The van der Waals surface area contributed by atoms with E-state index in [9.17, 15) is 0 Å². The highest BCUT2D eigenvalue weighted by Gasteiger charge is 2.41. The van der Waals surface area contributed by atoms with Crippen LogP contribution in [0.3, 0.4) is 0 Å². The normalized spacial score (nSPS) is 23.0. The van der Waals surface area contributed by atoms with E-state index in [1.54, 1.807) is 0 Å². The summed E-state index contributed by atoms with van der Waals surface area (Å²) in [5, 5.41) is 0. The molecular weight excluding hydrogens is 468 g/mol. The maximum Gasteiger partial charge on any atom is 0.0203 e. The lowest BCUT2D eigenvalue weighted by atomic mass is 9.68. The third-order valence-corrected chi connectivity index (χ3v) is 9.12. The molecule has 1 saturated carbocycles. The van der Waals surface area contributed by atoms with Gasteiger partial charge in [-0.15, -0.1) is 6.58 Å². The van der Waals surface area contributed by atoms with Crippen molar-refractivity contribution in [1.29, 1.82) is 0 Å². The molecule has 0 bridgehead atoms. The molecule has 0 aliphatic heterocycles. The molecular formula is C39H44. The number of aryl methyl sites for hydroxylation is 2. The molecule has 0 saturated heterocycles. The molecule has 0 radical (unpaired) electrons. The van der Waals surface area contributed by atoms with Gasteiger partial charge in [0.1, 0.15) is 0 Å². The molecule has 2 aromatic rings. The predicted octanol–water partition coefficient (Wildman–Crippen LogP) is 10.8. The molecule has 0 aromatic heterocycles. The molecule has 2 aromatic carbocycles. The van der Waals surface area contributed by atoms with E-state index in [2.05, 4.69) is 102 Å². The van der Waals surface area contributed by atoms with Gasteiger partial charge in [-0.2, -0.15) is 0 Å². The van der Waals surface area contributed by atoms with E-state index in [0.29, 0.717) is 11.8 Å². The summed E-state index contributed by atoms with van der Waals surface area (Å²) < 4.78 is 0. The van der Waals surface area contributed by atoms with Crippen molar-refractivity contribution in [3.8, 4) is 0 Å². The molecule has 39 heavy (non-hydrogen) atoms. The molecule has 0 spiro atoms. The van der Waals surface area contributed by atoms with Gasteiger partial charge in [-0.1, -0.05) is 118 Å². The van der Waals surface area contributed by atoms with Crippen LogP contribution in [-0.4, -0.2) is 0 Å². The van der Waals surface area contributed by atoms with Crippen LogP contribution >= 0.6 is 0 Å². The Labute approximate surface area is 236 Å². The van der Waals surface area contributed by atoms with Crippen molar-refractivity contribution in [2.75, 3.05) is 0 Å². The van der Waals surface area contributed by atoms with Crippen LogP contribution in [0, 0.1) is 5.92 Å². The smallest absolute Gasteiger partial charge is 0.0203 e. The highest BCUT2D eigenvalue weighted by molar-refractivity contribution is 5.83. The Morgan fingerprint density at radius 1 is 1.00 bits per heavy atom. The summed E-state index contributed by atoms with van der Waals surface area (Å²) in [4.78, 5) is 0. The van der Waals surface area contributed by atoms with Crippen molar-refractivity contribution < 1.29 is 0 Å². The van der Waals surface area contributed by atoms with Crippen LogP contribution in [0.15, 0.2) is 120 Å². The molecule has 3 aliphatic carbocycles. The Balaban J connectivity index is 1.62. The molecule has 0 heterocycles. The van der Waals surface area contributed by atoms with Crippen LogP contribution in [0.5, 0.6) is 0 Å². The summed E-state index contributed by atoms with van der Waals surface area (Å²) in [6.07, 6.45) is 15.6. The van der Waals surface area contributed by atoms with Gasteiger partial charge in [0, 0.05) is 17.8 Å². The van der Waals surface area contributed by atoms with Crippen LogP contribution in [0.1, 0.15) is 93.0 Å². The summed E-state index contributed by atoms with van der Waals surface area (Å²) in [6, 6.07) is 16.0.